The Morgan fingerprint density at radius 2 is 1.58 bits per heavy atom. The Kier molecular flexibility index (Phi) is 5.78. The lowest BCUT2D eigenvalue weighted by Gasteiger charge is -2.25. The van der Waals surface area contributed by atoms with Crippen LogP contribution in [0.1, 0.15) is 41.4 Å². The molecule has 1 N–H and O–H groups in total. The van der Waals surface area contributed by atoms with E-state index in [0.717, 1.165) is 22.6 Å². The second-order valence-electron chi connectivity index (χ2n) is 8.18. The van der Waals surface area contributed by atoms with Crippen molar-refractivity contribution in [3.05, 3.63) is 65.4 Å². The molecule has 3 heterocycles. The number of carbonyl (C=O) groups is 1. The van der Waals surface area contributed by atoms with Crippen molar-refractivity contribution in [2.45, 2.75) is 39.5 Å². The summed E-state index contributed by atoms with van der Waals surface area (Å²) in [6, 6.07) is 11.7. The molecule has 9 nitrogen and oxygen atoms in total. The molecule has 9 heteroatoms. The highest BCUT2D eigenvalue weighted by Gasteiger charge is 2.20. The van der Waals surface area contributed by atoms with Gasteiger partial charge in [0.1, 0.15) is 6.26 Å². The number of amides is 1. The van der Waals surface area contributed by atoms with E-state index in [1.165, 1.54) is 6.26 Å². The van der Waals surface area contributed by atoms with Crippen LogP contribution in [0.5, 0.6) is 23.0 Å². The summed E-state index contributed by atoms with van der Waals surface area (Å²) in [7, 11) is 0. The van der Waals surface area contributed by atoms with Crippen molar-refractivity contribution >= 4 is 5.91 Å². The summed E-state index contributed by atoms with van der Waals surface area (Å²) in [6.45, 7) is 6.19. The molecule has 0 aliphatic carbocycles. The van der Waals surface area contributed by atoms with Crippen LogP contribution in [0.2, 0.25) is 0 Å². The van der Waals surface area contributed by atoms with Crippen LogP contribution in [0.3, 0.4) is 0 Å². The number of ether oxygens (including phenoxy) is 4. The van der Waals surface area contributed by atoms with E-state index in [-0.39, 0.29) is 31.2 Å². The number of benzene rings is 2. The van der Waals surface area contributed by atoms with Crippen molar-refractivity contribution in [1.29, 1.82) is 0 Å². The fourth-order valence-electron chi connectivity index (χ4n) is 3.68. The van der Waals surface area contributed by atoms with Crippen LogP contribution in [-0.2, 0) is 19.6 Å². The van der Waals surface area contributed by atoms with E-state index in [0.29, 0.717) is 37.0 Å². The summed E-state index contributed by atoms with van der Waals surface area (Å²) in [4.78, 5) is 19.2. The summed E-state index contributed by atoms with van der Waals surface area (Å²) >= 11 is 0. The van der Waals surface area contributed by atoms with Gasteiger partial charge in [-0.15, -0.1) is 0 Å². The second kappa shape index (κ2) is 9.03. The summed E-state index contributed by atoms with van der Waals surface area (Å²) < 4.78 is 27.1. The van der Waals surface area contributed by atoms with Crippen molar-refractivity contribution in [1.82, 2.24) is 15.2 Å². The van der Waals surface area contributed by atoms with Crippen LogP contribution < -0.4 is 24.3 Å². The Hall–Kier alpha value is -3.72. The molecule has 0 atom stereocenters. The Morgan fingerprint density at radius 3 is 2.27 bits per heavy atom. The van der Waals surface area contributed by atoms with Gasteiger partial charge in [-0.25, -0.2) is 4.98 Å². The van der Waals surface area contributed by atoms with E-state index in [1.54, 1.807) is 0 Å². The standard InChI is InChI=1S/C24H25N3O6/c1-15(2)27(10-17-4-6-20-22(8-17)33-14-31-20)11-23-26-18(12-29-23)24(28)25-9-16-3-5-19-21(7-16)32-13-30-19/h3-8,12,15H,9-11,13-14H2,1-2H3,(H,25,28). The molecule has 33 heavy (non-hydrogen) atoms. The van der Waals surface area contributed by atoms with Crippen LogP contribution in [0.25, 0.3) is 0 Å². The summed E-state index contributed by atoms with van der Waals surface area (Å²) in [5.74, 6) is 3.10. The summed E-state index contributed by atoms with van der Waals surface area (Å²) in [6.07, 6.45) is 1.39. The number of aromatic nitrogens is 1. The fraction of sp³-hybridized carbons (Fsp3) is 0.333. The first-order valence-electron chi connectivity index (χ1n) is 10.8. The van der Waals surface area contributed by atoms with E-state index < -0.39 is 0 Å². The molecular weight excluding hydrogens is 426 g/mol. The van der Waals surface area contributed by atoms with Gasteiger partial charge >= 0.3 is 0 Å². The van der Waals surface area contributed by atoms with Crippen LogP contribution in [0.4, 0.5) is 0 Å². The van der Waals surface area contributed by atoms with E-state index in [1.807, 2.05) is 36.4 Å². The van der Waals surface area contributed by atoms with Gasteiger partial charge in [0.05, 0.1) is 6.54 Å². The molecule has 3 aromatic rings. The number of hydrogen-bond donors (Lipinski definition) is 1. The number of nitrogens with one attached hydrogen (secondary N) is 1. The van der Waals surface area contributed by atoms with E-state index in [4.69, 9.17) is 23.4 Å². The zero-order valence-corrected chi connectivity index (χ0v) is 18.5. The average Bonchev–Trinajstić information content (AvgIpc) is 3.56. The Morgan fingerprint density at radius 1 is 0.939 bits per heavy atom. The largest absolute Gasteiger partial charge is 0.454 e. The lowest BCUT2D eigenvalue weighted by Crippen LogP contribution is -2.30. The van der Waals surface area contributed by atoms with Crippen molar-refractivity contribution in [3.8, 4) is 23.0 Å². The maximum atomic E-state index is 12.6. The molecule has 0 fully saturated rings. The highest BCUT2D eigenvalue weighted by molar-refractivity contribution is 5.91. The Balaban J connectivity index is 1.19. The van der Waals surface area contributed by atoms with Crippen LogP contribution >= 0.6 is 0 Å². The predicted octanol–water partition coefficient (Wildman–Crippen LogP) is 3.47. The SMILES string of the molecule is CC(C)N(Cc1ccc2c(c1)OCO2)Cc1nc(C(=O)NCc2ccc3c(c2)OCO3)co1. The number of fused-ring (bicyclic) bond motifs is 2. The average molecular weight is 451 g/mol. The number of nitrogens with zero attached hydrogens (tertiary/aromatic N) is 2. The van der Waals surface area contributed by atoms with E-state index in [2.05, 4.69) is 29.0 Å². The molecule has 5 rings (SSSR count). The third-order valence-electron chi connectivity index (χ3n) is 5.57. The topological polar surface area (TPSA) is 95.3 Å². The first kappa shape index (κ1) is 21.1. The third-order valence-corrected chi connectivity index (χ3v) is 5.57. The third kappa shape index (κ3) is 4.73. The first-order valence-corrected chi connectivity index (χ1v) is 10.8. The molecular formula is C24H25N3O6. The lowest BCUT2D eigenvalue weighted by atomic mass is 10.1. The monoisotopic (exact) mass is 451 g/mol. The van der Waals surface area contributed by atoms with Gasteiger partial charge < -0.3 is 28.7 Å². The molecule has 0 saturated carbocycles. The minimum absolute atomic E-state index is 0.217. The maximum absolute atomic E-state index is 12.6. The summed E-state index contributed by atoms with van der Waals surface area (Å²) in [5.41, 5.74) is 2.25. The van der Waals surface area contributed by atoms with Crippen molar-refractivity contribution in [2.24, 2.45) is 0 Å². The van der Waals surface area contributed by atoms with Gasteiger partial charge in [-0.3, -0.25) is 9.69 Å². The van der Waals surface area contributed by atoms with E-state index >= 15 is 0 Å². The molecule has 0 bridgehead atoms. The zero-order chi connectivity index (χ0) is 22.8. The highest BCUT2D eigenvalue weighted by Crippen LogP contribution is 2.33. The number of hydrogen-bond acceptors (Lipinski definition) is 8. The molecule has 2 aliphatic rings. The molecule has 172 valence electrons. The molecule has 2 aliphatic heterocycles. The van der Waals surface area contributed by atoms with Gasteiger partial charge in [-0.1, -0.05) is 12.1 Å². The van der Waals surface area contributed by atoms with Gasteiger partial charge in [-0.05, 0) is 49.2 Å². The lowest BCUT2D eigenvalue weighted by molar-refractivity contribution is 0.0945. The molecule has 0 radical (unpaired) electrons. The smallest absolute Gasteiger partial charge is 0.273 e. The van der Waals surface area contributed by atoms with Crippen molar-refractivity contribution in [3.63, 3.8) is 0 Å². The minimum atomic E-state index is -0.297. The van der Waals surface area contributed by atoms with Gasteiger partial charge in [0.25, 0.3) is 5.91 Å². The first-order chi connectivity index (χ1) is 16.0. The fourth-order valence-corrected chi connectivity index (χ4v) is 3.68. The predicted molar refractivity (Wildman–Crippen MR) is 117 cm³/mol. The van der Waals surface area contributed by atoms with Gasteiger partial charge in [0, 0.05) is 19.1 Å². The van der Waals surface area contributed by atoms with Gasteiger partial charge in [0.15, 0.2) is 28.7 Å². The van der Waals surface area contributed by atoms with Crippen molar-refractivity contribution in [2.75, 3.05) is 13.6 Å². The summed E-state index contributed by atoms with van der Waals surface area (Å²) in [5, 5.41) is 2.86. The van der Waals surface area contributed by atoms with E-state index in [9.17, 15) is 4.79 Å². The zero-order valence-electron chi connectivity index (χ0n) is 18.5. The normalized spacial score (nSPS) is 13.7. The van der Waals surface area contributed by atoms with Gasteiger partial charge in [0.2, 0.25) is 19.5 Å². The van der Waals surface area contributed by atoms with Crippen LogP contribution in [0.15, 0.2) is 47.1 Å². The number of carbonyl (C=O) groups excluding carboxylic acids is 1. The molecule has 0 saturated heterocycles. The van der Waals surface area contributed by atoms with Crippen molar-refractivity contribution < 1.29 is 28.2 Å². The minimum Gasteiger partial charge on any atom is -0.454 e. The molecule has 0 spiro atoms. The second-order valence-corrected chi connectivity index (χ2v) is 8.18. The maximum Gasteiger partial charge on any atom is 0.273 e. The molecule has 1 amide bonds. The Bertz CT molecular complexity index is 1160. The van der Waals surface area contributed by atoms with Crippen LogP contribution in [-0.4, -0.2) is 35.4 Å². The number of rotatable bonds is 8. The molecule has 2 aromatic carbocycles. The highest BCUT2D eigenvalue weighted by atomic mass is 16.7. The van der Waals surface area contributed by atoms with Crippen LogP contribution in [0, 0.1) is 0 Å². The Labute approximate surface area is 191 Å². The number of oxazole rings is 1. The molecule has 0 unspecified atom stereocenters. The van der Waals surface area contributed by atoms with Gasteiger partial charge in [-0.2, -0.15) is 0 Å². The molecule has 1 aromatic heterocycles. The quantitative estimate of drug-likeness (QED) is 0.556.